The van der Waals surface area contributed by atoms with Crippen molar-refractivity contribution in [3.63, 3.8) is 0 Å². The van der Waals surface area contributed by atoms with E-state index in [0.29, 0.717) is 16.0 Å². The minimum atomic E-state index is 0.407. The normalized spacial score (nSPS) is 11.2. The number of aliphatic imine (C=N–C) groups is 1. The molecule has 0 radical (unpaired) electrons. The summed E-state index contributed by atoms with van der Waals surface area (Å²) in [6.07, 6.45) is 0. The Hall–Kier alpha value is -1.75. The number of para-hydroxylation sites is 1. The van der Waals surface area contributed by atoms with E-state index in [-0.39, 0.29) is 0 Å². The van der Waals surface area contributed by atoms with Crippen LogP contribution in [0.15, 0.2) is 53.5 Å². The number of halogens is 2. The highest BCUT2D eigenvalue weighted by molar-refractivity contribution is 6.42. The third-order valence-corrected chi connectivity index (χ3v) is 3.06. The lowest BCUT2D eigenvalue weighted by Gasteiger charge is -2.09. The molecule has 0 atom stereocenters. The van der Waals surface area contributed by atoms with Gasteiger partial charge in [0, 0.05) is 5.69 Å². The Bertz CT molecular complexity index is 584. The van der Waals surface area contributed by atoms with Crippen molar-refractivity contribution in [1.82, 2.24) is 5.43 Å². The van der Waals surface area contributed by atoms with Crippen LogP contribution in [0.3, 0.4) is 0 Å². The van der Waals surface area contributed by atoms with Gasteiger partial charge in [-0.3, -0.25) is 5.43 Å². The molecule has 19 heavy (non-hydrogen) atoms. The first kappa shape index (κ1) is 13.7. The minimum Gasteiger partial charge on any atom is -0.325 e. The number of hydrogen-bond donors (Lipinski definition) is 3. The maximum absolute atomic E-state index is 5.94. The van der Waals surface area contributed by atoms with Crippen molar-refractivity contribution in [2.24, 2.45) is 10.8 Å². The molecule has 0 spiro atoms. The lowest BCUT2D eigenvalue weighted by molar-refractivity contribution is 1.02. The third kappa shape index (κ3) is 3.86. The van der Waals surface area contributed by atoms with E-state index >= 15 is 0 Å². The highest BCUT2D eigenvalue weighted by Gasteiger charge is 2.02. The van der Waals surface area contributed by atoms with Crippen LogP contribution in [0.1, 0.15) is 0 Å². The van der Waals surface area contributed by atoms with Gasteiger partial charge in [-0.1, -0.05) is 41.4 Å². The fourth-order valence-electron chi connectivity index (χ4n) is 1.44. The second-order valence-corrected chi connectivity index (χ2v) is 4.51. The molecule has 0 amide bonds. The molecular formula is C13H12Cl2N4. The number of rotatable bonds is 2. The van der Waals surface area contributed by atoms with Crippen LogP contribution in [0.2, 0.25) is 10.0 Å². The Kier molecular flexibility index (Phi) is 4.63. The van der Waals surface area contributed by atoms with E-state index < -0.39 is 0 Å². The molecule has 4 nitrogen and oxygen atoms in total. The molecule has 0 saturated heterocycles. The van der Waals surface area contributed by atoms with Crippen molar-refractivity contribution in [2.45, 2.75) is 0 Å². The van der Waals surface area contributed by atoms with E-state index in [0.717, 1.165) is 11.4 Å². The molecule has 2 aromatic rings. The largest absolute Gasteiger partial charge is 0.325 e. The topological polar surface area (TPSA) is 62.4 Å². The van der Waals surface area contributed by atoms with Crippen LogP contribution in [0, 0.1) is 0 Å². The first-order valence-electron chi connectivity index (χ1n) is 5.51. The molecule has 0 unspecified atom stereocenters. The van der Waals surface area contributed by atoms with E-state index in [1.165, 1.54) is 0 Å². The molecule has 4 N–H and O–H groups in total. The second-order valence-electron chi connectivity index (χ2n) is 3.69. The number of nitrogens with zero attached hydrogens (tertiary/aromatic N) is 1. The van der Waals surface area contributed by atoms with E-state index in [1.54, 1.807) is 18.2 Å². The van der Waals surface area contributed by atoms with E-state index in [2.05, 4.69) is 15.7 Å². The summed E-state index contributed by atoms with van der Waals surface area (Å²) in [6, 6.07) is 14.6. The predicted molar refractivity (Wildman–Crippen MR) is 80.9 cm³/mol. The van der Waals surface area contributed by atoms with Gasteiger partial charge in [0.05, 0.1) is 15.7 Å². The SMILES string of the molecule is NNC(=Nc1ccccc1)Nc1ccc(Cl)c(Cl)c1. The zero-order chi connectivity index (χ0) is 13.7. The van der Waals surface area contributed by atoms with Crippen molar-refractivity contribution in [2.75, 3.05) is 5.32 Å². The van der Waals surface area contributed by atoms with Gasteiger partial charge in [-0.05, 0) is 30.3 Å². The van der Waals surface area contributed by atoms with Crippen molar-refractivity contribution in [3.05, 3.63) is 58.6 Å². The van der Waals surface area contributed by atoms with Crippen LogP contribution >= 0.6 is 23.2 Å². The summed E-state index contributed by atoms with van der Waals surface area (Å²) in [6.45, 7) is 0. The minimum absolute atomic E-state index is 0.407. The van der Waals surface area contributed by atoms with Crippen molar-refractivity contribution in [1.29, 1.82) is 0 Å². The Morgan fingerprint density at radius 2 is 1.74 bits per heavy atom. The van der Waals surface area contributed by atoms with Crippen LogP contribution in [0.4, 0.5) is 11.4 Å². The fourth-order valence-corrected chi connectivity index (χ4v) is 1.74. The predicted octanol–water partition coefficient (Wildman–Crippen LogP) is 3.56. The summed E-state index contributed by atoms with van der Waals surface area (Å²) in [7, 11) is 0. The molecule has 0 aliphatic rings. The van der Waals surface area contributed by atoms with Crippen molar-refractivity contribution >= 4 is 40.5 Å². The lowest BCUT2D eigenvalue weighted by atomic mass is 10.3. The second kappa shape index (κ2) is 6.43. The fraction of sp³-hybridized carbons (Fsp3) is 0. The molecule has 0 heterocycles. The molecule has 0 saturated carbocycles. The maximum atomic E-state index is 5.94. The third-order valence-electron chi connectivity index (χ3n) is 2.32. The van der Waals surface area contributed by atoms with Crippen LogP contribution in [0.5, 0.6) is 0 Å². The highest BCUT2D eigenvalue weighted by atomic mass is 35.5. The number of hydrazine groups is 1. The molecule has 0 fully saturated rings. The molecule has 2 aromatic carbocycles. The van der Waals surface area contributed by atoms with Gasteiger partial charge in [-0.15, -0.1) is 0 Å². The van der Waals surface area contributed by atoms with Crippen molar-refractivity contribution in [3.8, 4) is 0 Å². The monoisotopic (exact) mass is 294 g/mol. The Balaban J connectivity index is 2.19. The van der Waals surface area contributed by atoms with Crippen molar-refractivity contribution < 1.29 is 0 Å². The number of anilines is 1. The summed E-state index contributed by atoms with van der Waals surface area (Å²) in [5.41, 5.74) is 4.01. The van der Waals surface area contributed by atoms with Gasteiger partial charge in [0.15, 0.2) is 0 Å². The van der Waals surface area contributed by atoms with Gasteiger partial charge >= 0.3 is 0 Å². The summed E-state index contributed by atoms with van der Waals surface area (Å²) < 4.78 is 0. The molecule has 6 heteroatoms. The maximum Gasteiger partial charge on any atom is 0.215 e. The zero-order valence-corrected chi connectivity index (χ0v) is 11.4. The van der Waals surface area contributed by atoms with Gasteiger partial charge in [-0.2, -0.15) is 0 Å². The summed E-state index contributed by atoms with van der Waals surface area (Å²) in [5.74, 6) is 5.84. The van der Waals surface area contributed by atoms with E-state index in [4.69, 9.17) is 29.0 Å². The highest BCUT2D eigenvalue weighted by Crippen LogP contribution is 2.25. The van der Waals surface area contributed by atoms with Crippen LogP contribution in [-0.4, -0.2) is 5.96 Å². The van der Waals surface area contributed by atoms with Gasteiger partial charge in [0.1, 0.15) is 0 Å². The first-order valence-corrected chi connectivity index (χ1v) is 6.27. The Labute approximate surface area is 121 Å². The number of nitrogens with one attached hydrogen (secondary N) is 2. The van der Waals surface area contributed by atoms with E-state index in [9.17, 15) is 0 Å². The number of hydrogen-bond acceptors (Lipinski definition) is 2. The summed E-state index contributed by atoms with van der Waals surface area (Å²) in [5, 5.41) is 3.97. The van der Waals surface area contributed by atoms with Crippen LogP contribution in [-0.2, 0) is 0 Å². The lowest BCUT2D eigenvalue weighted by Crippen LogP contribution is -2.35. The molecule has 98 valence electrons. The van der Waals surface area contributed by atoms with Gasteiger partial charge in [-0.25, -0.2) is 10.8 Å². The van der Waals surface area contributed by atoms with Gasteiger partial charge in [0.2, 0.25) is 5.96 Å². The number of nitrogens with two attached hydrogens (primary N) is 1. The summed E-state index contributed by atoms with van der Waals surface area (Å²) >= 11 is 11.8. The van der Waals surface area contributed by atoms with Gasteiger partial charge < -0.3 is 5.32 Å². The molecule has 0 aromatic heterocycles. The number of benzene rings is 2. The molecular weight excluding hydrogens is 283 g/mol. The average molecular weight is 295 g/mol. The average Bonchev–Trinajstić information content (AvgIpc) is 2.43. The smallest absolute Gasteiger partial charge is 0.215 e. The molecule has 0 aliphatic carbocycles. The van der Waals surface area contributed by atoms with Crippen LogP contribution in [0.25, 0.3) is 0 Å². The van der Waals surface area contributed by atoms with Gasteiger partial charge in [0.25, 0.3) is 0 Å². The Morgan fingerprint density at radius 3 is 2.37 bits per heavy atom. The molecule has 0 aliphatic heterocycles. The summed E-state index contributed by atoms with van der Waals surface area (Å²) in [4.78, 5) is 4.32. The molecule has 0 bridgehead atoms. The van der Waals surface area contributed by atoms with Crippen LogP contribution < -0.4 is 16.6 Å². The standard InChI is InChI=1S/C13H12Cl2N4/c14-11-7-6-10(8-12(11)15)18-13(19-16)17-9-4-2-1-3-5-9/h1-8H,16H2,(H2,17,18,19). The number of guanidine groups is 1. The van der Waals surface area contributed by atoms with E-state index in [1.807, 2.05) is 30.3 Å². The quantitative estimate of drug-likeness (QED) is 0.343. The molecule has 2 rings (SSSR count). The first-order chi connectivity index (χ1) is 9.19. The Morgan fingerprint density at radius 1 is 1.00 bits per heavy atom. The zero-order valence-electron chi connectivity index (χ0n) is 9.90.